The van der Waals surface area contributed by atoms with Crippen molar-refractivity contribution in [3.05, 3.63) is 23.8 Å². The van der Waals surface area contributed by atoms with E-state index in [2.05, 4.69) is 6.07 Å². The lowest BCUT2D eigenvalue weighted by Gasteiger charge is -2.07. The molecule has 13 heavy (non-hydrogen) atoms. The zero-order chi connectivity index (χ0) is 9.84. The highest BCUT2D eigenvalue weighted by molar-refractivity contribution is 5.94. The lowest BCUT2D eigenvalue weighted by molar-refractivity contribution is 0.0689. The second-order valence-corrected chi connectivity index (χ2v) is 2.26. The summed E-state index contributed by atoms with van der Waals surface area (Å²) < 4.78 is 9.70. The van der Waals surface area contributed by atoms with Crippen LogP contribution in [0.4, 0.5) is 0 Å². The molecule has 0 fully saturated rings. The summed E-state index contributed by atoms with van der Waals surface area (Å²) >= 11 is 0. The van der Waals surface area contributed by atoms with Crippen molar-refractivity contribution in [2.75, 3.05) is 14.2 Å². The molecule has 0 aliphatic rings. The Kier molecular flexibility index (Phi) is 2.74. The molecule has 4 nitrogen and oxygen atoms in total. The Morgan fingerprint density at radius 2 is 2.15 bits per heavy atom. The van der Waals surface area contributed by atoms with E-state index in [1.54, 1.807) is 6.07 Å². The molecule has 1 N–H and O–H groups in total. The summed E-state index contributed by atoms with van der Waals surface area (Å²) in [6.45, 7) is 0. The fraction of sp³-hybridized carbons (Fsp3) is 0.222. The summed E-state index contributed by atoms with van der Waals surface area (Å²) in [6.07, 6.45) is 0. The van der Waals surface area contributed by atoms with Crippen molar-refractivity contribution in [3.8, 4) is 11.5 Å². The van der Waals surface area contributed by atoms with Crippen LogP contribution in [0.1, 0.15) is 10.4 Å². The van der Waals surface area contributed by atoms with Crippen molar-refractivity contribution in [2.45, 2.75) is 0 Å². The highest BCUT2D eigenvalue weighted by Crippen LogP contribution is 2.27. The van der Waals surface area contributed by atoms with E-state index in [0.717, 1.165) is 0 Å². The fourth-order valence-electron chi connectivity index (χ4n) is 0.994. The third kappa shape index (κ3) is 1.72. The molecule has 1 aromatic rings. The summed E-state index contributed by atoms with van der Waals surface area (Å²) in [5, 5.41) is 8.83. The molecule has 0 heterocycles. The van der Waals surface area contributed by atoms with Gasteiger partial charge in [0.15, 0.2) is 0 Å². The normalized spacial score (nSPS) is 9.38. The van der Waals surface area contributed by atoms with Crippen molar-refractivity contribution >= 4 is 5.97 Å². The first-order chi connectivity index (χ1) is 6.20. The van der Waals surface area contributed by atoms with Gasteiger partial charge in [-0.25, -0.2) is 4.79 Å². The molecule has 0 spiro atoms. The molecule has 0 aliphatic carbocycles. The van der Waals surface area contributed by atoms with Crippen LogP contribution in [-0.4, -0.2) is 25.3 Å². The van der Waals surface area contributed by atoms with Crippen LogP contribution >= 0.6 is 0 Å². The van der Waals surface area contributed by atoms with Gasteiger partial charge >= 0.3 is 5.97 Å². The Bertz CT molecular complexity index is 297. The van der Waals surface area contributed by atoms with E-state index >= 15 is 0 Å². The minimum absolute atomic E-state index is 0.00694. The second kappa shape index (κ2) is 3.80. The number of ether oxygens (including phenoxy) is 2. The van der Waals surface area contributed by atoms with E-state index in [4.69, 9.17) is 14.6 Å². The molecule has 0 bridgehead atoms. The Morgan fingerprint density at radius 3 is 2.62 bits per heavy atom. The molecule has 1 rings (SSSR count). The maximum absolute atomic E-state index is 10.8. The topological polar surface area (TPSA) is 55.8 Å². The second-order valence-electron chi connectivity index (χ2n) is 2.26. The molecule has 4 heteroatoms. The van der Waals surface area contributed by atoms with Crippen molar-refractivity contribution < 1.29 is 19.4 Å². The lowest BCUT2D eigenvalue weighted by atomic mass is 10.2. The zero-order valence-corrected chi connectivity index (χ0v) is 7.33. The van der Waals surface area contributed by atoms with E-state index in [1.165, 1.54) is 20.3 Å². The van der Waals surface area contributed by atoms with E-state index in [1.807, 2.05) is 0 Å². The Morgan fingerprint density at radius 1 is 1.46 bits per heavy atom. The summed E-state index contributed by atoms with van der Waals surface area (Å²) in [5.74, 6) is -0.652. The average Bonchev–Trinajstić information content (AvgIpc) is 2.16. The molecule has 0 saturated carbocycles. The average molecular weight is 181 g/mol. The third-order valence-corrected chi connectivity index (χ3v) is 1.56. The first-order valence-corrected chi connectivity index (χ1v) is 3.56. The standard InChI is InChI=1S/C9H9O4/c1-12-6-4-3-5-7(13-2)8(6)9(10)11/h3-4H,1-2H3,(H,10,11). The molecule has 0 amide bonds. The molecule has 0 aromatic heterocycles. The third-order valence-electron chi connectivity index (χ3n) is 1.56. The minimum atomic E-state index is -1.09. The Balaban J connectivity index is 3.29. The van der Waals surface area contributed by atoms with Crippen LogP contribution in [0.15, 0.2) is 12.1 Å². The van der Waals surface area contributed by atoms with Gasteiger partial charge in [-0.2, -0.15) is 0 Å². The molecular weight excluding hydrogens is 172 g/mol. The number of hydrogen-bond acceptors (Lipinski definition) is 3. The zero-order valence-electron chi connectivity index (χ0n) is 7.33. The van der Waals surface area contributed by atoms with Crippen LogP contribution in [0.2, 0.25) is 0 Å². The Labute approximate surface area is 75.7 Å². The minimum Gasteiger partial charge on any atom is -0.496 e. The van der Waals surface area contributed by atoms with Gasteiger partial charge in [-0.05, 0) is 12.1 Å². The van der Waals surface area contributed by atoms with E-state index in [9.17, 15) is 4.79 Å². The van der Waals surface area contributed by atoms with Gasteiger partial charge in [0.05, 0.1) is 14.2 Å². The monoisotopic (exact) mass is 181 g/mol. The van der Waals surface area contributed by atoms with Crippen LogP contribution in [0.3, 0.4) is 0 Å². The van der Waals surface area contributed by atoms with Gasteiger partial charge in [0, 0.05) is 6.07 Å². The molecule has 0 unspecified atom stereocenters. The number of rotatable bonds is 3. The van der Waals surface area contributed by atoms with Crippen LogP contribution in [0.25, 0.3) is 0 Å². The van der Waals surface area contributed by atoms with E-state index in [0.29, 0.717) is 0 Å². The number of carbonyl (C=O) groups is 1. The first kappa shape index (κ1) is 9.38. The number of benzene rings is 1. The van der Waals surface area contributed by atoms with Crippen molar-refractivity contribution in [3.63, 3.8) is 0 Å². The number of methoxy groups -OCH3 is 2. The summed E-state index contributed by atoms with van der Waals surface area (Å²) in [6, 6.07) is 5.73. The highest BCUT2D eigenvalue weighted by atomic mass is 16.5. The lowest BCUT2D eigenvalue weighted by Crippen LogP contribution is -2.03. The maximum atomic E-state index is 10.8. The van der Waals surface area contributed by atoms with Crippen molar-refractivity contribution in [1.82, 2.24) is 0 Å². The molecule has 0 aliphatic heterocycles. The SMILES string of the molecule is COc1[c]ccc(OC)c1C(=O)O. The largest absolute Gasteiger partial charge is 0.496 e. The maximum Gasteiger partial charge on any atom is 0.343 e. The molecule has 1 aromatic carbocycles. The van der Waals surface area contributed by atoms with Crippen LogP contribution in [-0.2, 0) is 0 Å². The van der Waals surface area contributed by atoms with Crippen LogP contribution < -0.4 is 9.47 Å². The summed E-state index contributed by atoms with van der Waals surface area (Å²) in [5.41, 5.74) is -0.00694. The first-order valence-electron chi connectivity index (χ1n) is 3.56. The fourth-order valence-corrected chi connectivity index (χ4v) is 0.994. The van der Waals surface area contributed by atoms with E-state index < -0.39 is 5.97 Å². The molecular formula is C9H9O4. The van der Waals surface area contributed by atoms with Crippen molar-refractivity contribution in [1.29, 1.82) is 0 Å². The van der Waals surface area contributed by atoms with Gasteiger partial charge in [0.1, 0.15) is 17.1 Å². The quantitative estimate of drug-likeness (QED) is 0.761. The molecule has 69 valence electrons. The Hall–Kier alpha value is -1.71. The van der Waals surface area contributed by atoms with Gasteiger partial charge in [-0.3, -0.25) is 0 Å². The van der Waals surface area contributed by atoms with Gasteiger partial charge in [0.2, 0.25) is 0 Å². The predicted octanol–water partition coefficient (Wildman–Crippen LogP) is 1.20. The predicted molar refractivity (Wildman–Crippen MR) is 45.3 cm³/mol. The molecule has 0 saturated heterocycles. The number of hydrogen-bond donors (Lipinski definition) is 1. The highest BCUT2D eigenvalue weighted by Gasteiger charge is 2.16. The smallest absolute Gasteiger partial charge is 0.343 e. The van der Waals surface area contributed by atoms with Crippen LogP contribution in [0.5, 0.6) is 11.5 Å². The number of carboxylic acid groups (broad SMARTS) is 1. The van der Waals surface area contributed by atoms with Crippen LogP contribution in [0, 0.1) is 6.07 Å². The molecule has 1 radical (unpaired) electrons. The number of aromatic carboxylic acids is 1. The van der Waals surface area contributed by atoms with Gasteiger partial charge in [-0.1, -0.05) is 0 Å². The summed E-state index contributed by atoms with van der Waals surface area (Å²) in [4.78, 5) is 10.8. The van der Waals surface area contributed by atoms with Gasteiger partial charge < -0.3 is 14.6 Å². The van der Waals surface area contributed by atoms with Gasteiger partial charge in [-0.15, -0.1) is 0 Å². The van der Waals surface area contributed by atoms with Gasteiger partial charge in [0.25, 0.3) is 0 Å². The molecule has 0 atom stereocenters. The van der Waals surface area contributed by atoms with E-state index in [-0.39, 0.29) is 17.1 Å². The number of carboxylic acids is 1. The summed E-state index contributed by atoms with van der Waals surface area (Å²) in [7, 11) is 2.79. The van der Waals surface area contributed by atoms with Crippen molar-refractivity contribution in [2.24, 2.45) is 0 Å².